The van der Waals surface area contributed by atoms with E-state index in [0.717, 1.165) is 16.8 Å². The molecule has 3 rings (SSSR count). The van der Waals surface area contributed by atoms with E-state index in [1.54, 1.807) is 17.1 Å². The Balaban J connectivity index is 1.79. The predicted octanol–water partition coefficient (Wildman–Crippen LogP) is 4.28. The normalized spacial score (nSPS) is 18.1. The number of sulfone groups is 1. The summed E-state index contributed by atoms with van der Waals surface area (Å²) in [6.07, 6.45) is 3.85. The van der Waals surface area contributed by atoms with Crippen molar-refractivity contribution in [2.45, 2.75) is 45.2 Å². The van der Waals surface area contributed by atoms with Gasteiger partial charge in [0.05, 0.1) is 11.5 Å². The van der Waals surface area contributed by atoms with E-state index in [1.807, 2.05) is 55.4 Å². The van der Waals surface area contributed by atoms with E-state index in [0.29, 0.717) is 13.0 Å². The summed E-state index contributed by atoms with van der Waals surface area (Å²) < 4.78 is 24.1. The van der Waals surface area contributed by atoms with Crippen molar-refractivity contribution < 1.29 is 13.2 Å². The van der Waals surface area contributed by atoms with Gasteiger partial charge in [-0.05, 0) is 46.7 Å². The van der Waals surface area contributed by atoms with Gasteiger partial charge in [0.15, 0.2) is 9.84 Å². The molecule has 1 aliphatic heterocycles. The molecule has 0 N–H and O–H groups in total. The van der Waals surface area contributed by atoms with Crippen LogP contribution in [-0.4, -0.2) is 50.9 Å². The van der Waals surface area contributed by atoms with Gasteiger partial charge >= 0.3 is 0 Å². The van der Waals surface area contributed by atoms with Gasteiger partial charge in [0.2, 0.25) is 5.91 Å². The zero-order chi connectivity index (χ0) is 23.5. The molecule has 0 aliphatic carbocycles. The van der Waals surface area contributed by atoms with Crippen LogP contribution < -0.4 is 4.90 Å². The van der Waals surface area contributed by atoms with Gasteiger partial charge in [-0.15, -0.1) is 0 Å². The van der Waals surface area contributed by atoms with Crippen LogP contribution in [-0.2, 0) is 26.6 Å². The molecule has 172 valence electrons. The maximum absolute atomic E-state index is 13.2. The summed E-state index contributed by atoms with van der Waals surface area (Å²) in [6, 6.07) is 15.9. The fourth-order valence-electron chi connectivity index (χ4n) is 3.86. The Kier molecular flexibility index (Phi) is 7.13. The van der Waals surface area contributed by atoms with Crippen LogP contribution in [0.1, 0.15) is 43.9 Å². The van der Waals surface area contributed by atoms with Gasteiger partial charge in [0.1, 0.15) is 0 Å². The molecule has 0 bridgehead atoms. The molecule has 5 nitrogen and oxygen atoms in total. The van der Waals surface area contributed by atoms with Crippen molar-refractivity contribution in [3.05, 3.63) is 71.3 Å². The zero-order valence-electron chi connectivity index (χ0n) is 19.7. The van der Waals surface area contributed by atoms with Crippen LogP contribution in [0, 0.1) is 0 Å². The van der Waals surface area contributed by atoms with Crippen LogP contribution in [0.3, 0.4) is 0 Å². The van der Waals surface area contributed by atoms with E-state index < -0.39 is 9.84 Å². The van der Waals surface area contributed by atoms with Crippen molar-refractivity contribution in [1.82, 2.24) is 4.90 Å². The molecule has 0 unspecified atom stereocenters. The van der Waals surface area contributed by atoms with E-state index >= 15 is 0 Å². The first-order valence-corrected chi connectivity index (χ1v) is 12.8. The third kappa shape index (κ3) is 6.22. The van der Waals surface area contributed by atoms with E-state index in [9.17, 15) is 13.2 Å². The molecule has 1 atom stereocenters. The molecule has 0 spiro atoms. The van der Waals surface area contributed by atoms with Gasteiger partial charge in [-0.3, -0.25) is 4.79 Å². The first-order chi connectivity index (χ1) is 14.9. The SMILES string of the molecule is CN(C)c1ccc(CN(C(=O)/C=C/c2ccc(C(C)(C)C)cc2)[C@@H]2CCS(=O)(=O)C2)cc1. The average Bonchev–Trinajstić information content (AvgIpc) is 3.09. The lowest BCUT2D eigenvalue weighted by Gasteiger charge is -2.27. The average molecular weight is 455 g/mol. The van der Waals surface area contributed by atoms with E-state index in [1.165, 1.54) is 5.56 Å². The van der Waals surface area contributed by atoms with Crippen LogP contribution in [0.15, 0.2) is 54.6 Å². The summed E-state index contributed by atoms with van der Waals surface area (Å²) >= 11 is 0. The number of carbonyl (C=O) groups excluding carboxylic acids is 1. The van der Waals surface area contributed by atoms with Gasteiger partial charge in [-0.2, -0.15) is 0 Å². The highest BCUT2D eigenvalue weighted by atomic mass is 32.2. The van der Waals surface area contributed by atoms with Crippen molar-refractivity contribution >= 4 is 27.5 Å². The van der Waals surface area contributed by atoms with Crippen molar-refractivity contribution in [2.75, 3.05) is 30.5 Å². The molecular weight excluding hydrogens is 420 g/mol. The molecule has 1 aliphatic rings. The quantitative estimate of drug-likeness (QED) is 0.612. The predicted molar refractivity (Wildman–Crippen MR) is 133 cm³/mol. The molecule has 2 aromatic carbocycles. The van der Waals surface area contributed by atoms with E-state index in [2.05, 4.69) is 32.9 Å². The van der Waals surface area contributed by atoms with E-state index in [-0.39, 0.29) is 28.9 Å². The Morgan fingerprint density at radius 3 is 2.16 bits per heavy atom. The van der Waals surface area contributed by atoms with Crippen molar-refractivity contribution in [3.8, 4) is 0 Å². The highest BCUT2D eigenvalue weighted by Crippen LogP contribution is 2.24. The van der Waals surface area contributed by atoms with E-state index in [4.69, 9.17) is 0 Å². The van der Waals surface area contributed by atoms with Crippen LogP contribution in [0.2, 0.25) is 0 Å². The fraction of sp³-hybridized carbons (Fsp3) is 0.423. The summed E-state index contributed by atoms with van der Waals surface area (Å²) in [5, 5.41) is 0. The van der Waals surface area contributed by atoms with Crippen LogP contribution >= 0.6 is 0 Å². The molecule has 6 heteroatoms. The minimum atomic E-state index is -3.09. The highest BCUT2D eigenvalue weighted by molar-refractivity contribution is 7.91. The summed E-state index contributed by atoms with van der Waals surface area (Å²) in [5.41, 5.74) is 4.32. The Morgan fingerprint density at radius 2 is 1.66 bits per heavy atom. The minimum Gasteiger partial charge on any atom is -0.378 e. The molecule has 2 aromatic rings. The summed E-state index contributed by atoms with van der Waals surface area (Å²) in [4.78, 5) is 16.9. The highest BCUT2D eigenvalue weighted by Gasteiger charge is 2.34. The largest absolute Gasteiger partial charge is 0.378 e. The molecule has 0 saturated carbocycles. The topological polar surface area (TPSA) is 57.7 Å². The van der Waals surface area contributed by atoms with Crippen molar-refractivity contribution in [2.24, 2.45) is 0 Å². The number of carbonyl (C=O) groups is 1. The molecule has 0 radical (unpaired) electrons. The molecule has 1 fully saturated rings. The first-order valence-electron chi connectivity index (χ1n) is 11.0. The van der Waals surface area contributed by atoms with Crippen LogP contribution in [0.4, 0.5) is 5.69 Å². The number of benzene rings is 2. The maximum atomic E-state index is 13.2. The van der Waals surface area contributed by atoms with Crippen molar-refractivity contribution in [3.63, 3.8) is 0 Å². The molecule has 1 amide bonds. The monoisotopic (exact) mass is 454 g/mol. The second-order valence-electron chi connectivity index (χ2n) is 9.79. The van der Waals surface area contributed by atoms with Crippen LogP contribution in [0.25, 0.3) is 6.08 Å². The third-order valence-electron chi connectivity index (χ3n) is 5.93. The number of hydrogen-bond acceptors (Lipinski definition) is 4. The minimum absolute atomic E-state index is 0.0304. The number of amides is 1. The van der Waals surface area contributed by atoms with Gasteiger partial charge < -0.3 is 9.80 Å². The Labute approximate surface area is 192 Å². The van der Waals surface area contributed by atoms with Gasteiger partial charge in [-0.1, -0.05) is 57.2 Å². The second-order valence-corrected chi connectivity index (χ2v) is 12.0. The van der Waals surface area contributed by atoms with Gasteiger partial charge in [-0.25, -0.2) is 8.42 Å². The number of rotatable bonds is 6. The molecule has 1 heterocycles. The second kappa shape index (κ2) is 9.49. The zero-order valence-corrected chi connectivity index (χ0v) is 20.5. The molecule has 32 heavy (non-hydrogen) atoms. The molecular formula is C26H34N2O3S. The lowest BCUT2D eigenvalue weighted by molar-refractivity contribution is -0.128. The number of anilines is 1. The Morgan fingerprint density at radius 1 is 1.03 bits per heavy atom. The third-order valence-corrected chi connectivity index (χ3v) is 7.68. The lowest BCUT2D eigenvalue weighted by Crippen LogP contribution is -2.39. The van der Waals surface area contributed by atoms with Crippen molar-refractivity contribution in [1.29, 1.82) is 0 Å². The maximum Gasteiger partial charge on any atom is 0.247 e. The smallest absolute Gasteiger partial charge is 0.247 e. The first kappa shape index (κ1) is 24.1. The summed E-state index contributed by atoms with van der Waals surface area (Å²) in [7, 11) is 0.864. The van der Waals surface area contributed by atoms with Gasteiger partial charge in [0, 0.05) is 38.4 Å². The standard InChI is InChI=1S/C26H34N2O3S/c1-26(2,3)22-11-6-20(7-12-22)10-15-25(29)28(24-16-17-32(30,31)19-24)18-21-8-13-23(14-9-21)27(4)5/h6-15,24H,16-19H2,1-5H3/b15-10+/t24-/m1/s1. The van der Waals surface area contributed by atoms with Crippen LogP contribution in [0.5, 0.6) is 0 Å². The fourth-order valence-corrected chi connectivity index (χ4v) is 5.59. The number of hydrogen-bond donors (Lipinski definition) is 0. The van der Waals surface area contributed by atoms with Gasteiger partial charge in [0.25, 0.3) is 0 Å². The summed E-state index contributed by atoms with van der Waals surface area (Å²) in [6.45, 7) is 6.89. The Bertz CT molecular complexity index is 1060. The number of nitrogens with zero attached hydrogens (tertiary/aromatic N) is 2. The Hall–Kier alpha value is -2.60. The summed E-state index contributed by atoms with van der Waals surface area (Å²) in [5.74, 6) is 0.00503. The molecule has 1 saturated heterocycles. The molecule has 0 aromatic heterocycles. The lowest BCUT2D eigenvalue weighted by atomic mass is 9.87.